The SMILES string of the molecule is C1=NCc2ccccc21.C1=Nc2cncnc2C1.CC(C)(C)C.CC(C)(C)C.CC(C)(C)C.CC(C)(C)C.CC(C)(C)C.CC(C)(C)C.CC(C)(C)C.CC(C)(C)C.CC(C)(C)C.CC(C)(C)C.CC(C)(C)C.c1ccc2[nH]ccc2c1.c1ccc2[nH]ncc2c1.c1ccncc1.c1ccncc1.c1ccncc1.c1cnccn1.c1cnccn1.c1ncc2occc2n1.c1ncc2sccc2n1. The van der Waals surface area contributed by atoms with Crippen LogP contribution in [0.4, 0.5) is 5.69 Å². The number of para-hydroxylation sites is 2. The second-order valence-corrected chi connectivity index (χ2v) is 50.3. The largest absolute Gasteiger partial charge is 0.461 e. The van der Waals surface area contributed by atoms with E-state index in [1.165, 1.54) is 28.4 Å². The summed E-state index contributed by atoms with van der Waals surface area (Å²) in [5, 5.41) is 11.2. The Balaban J connectivity index is -0.000000454. The number of H-pyrrole nitrogens is 2. The first-order valence-corrected chi connectivity index (χ1v) is 48.7. The maximum Gasteiger partial charge on any atom is 0.170 e. The topological polar surface area (TPSA) is 250 Å². The Hall–Kier alpha value is -11.6. The van der Waals surface area contributed by atoms with Crippen molar-refractivity contribution < 1.29 is 4.42 Å². The summed E-state index contributed by atoms with van der Waals surface area (Å²) < 4.78 is 6.14. The number of hydrogen-bond donors (Lipinski definition) is 2. The zero-order chi connectivity index (χ0) is 107. The predicted octanol–water partition coefficient (Wildman–Crippen LogP) is 35.8. The van der Waals surface area contributed by atoms with Gasteiger partial charge >= 0.3 is 0 Å². The fourth-order valence-electron chi connectivity index (χ4n) is 6.64. The van der Waals surface area contributed by atoms with Crippen LogP contribution in [0, 0.1) is 59.6 Å². The number of benzene rings is 3. The van der Waals surface area contributed by atoms with Crippen LogP contribution in [0.5, 0.6) is 0 Å². The van der Waals surface area contributed by atoms with Crippen LogP contribution < -0.4 is 0 Å². The van der Waals surface area contributed by atoms with Gasteiger partial charge in [-0.05, 0) is 142 Å². The Morgan fingerprint density at radius 2 is 0.633 bits per heavy atom. The van der Waals surface area contributed by atoms with Crippen molar-refractivity contribution in [1.29, 1.82) is 0 Å². The van der Waals surface area contributed by atoms with Crippen molar-refractivity contribution in [3.63, 3.8) is 0 Å². The number of aromatic nitrogens is 16. The average molecular weight is 1920 g/mol. The van der Waals surface area contributed by atoms with Crippen molar-refractivity contribution >= 4 is 72.6 Å². The molecule has 14 heterocycles. The van der Waals surface area contributed by atoms with Gasteiger partial charge in [0.25, 0.3) is 0 Å². The summed E-state index contributed by atoms with van der Waals surface area (Å²) in [4.78, 5) is 61.0. The van der Waals surface area contributed by atoms with E-state index in [2.05, 4.69) is 425 Å². The average Bonchev–Trinajstić information content (AvgIpc) is 1.77. The van der Waals surface area contributed by atoms with Gasteiger partial charge < -0.3 is 9.40 Å². The van der Waals surface area contributed by atoms with Crippen molar-refractivity contribution in [3.05, 3.63) is 311 Å². The third kappa shape index (κ3) is 135. The van der Waals surface area contributed by atoms with Crippen molar-refractivity contribution in [1.82, 2.24) is 80.0 Å². The minimum absolute atomic E-state index is 0.500. The Labute approximate surface area is 849 Å². The van der Waals surface area contributed by atoms with Gasteiger partial charge in [0.1, 0.15) is 30.2 Å². The molecule has 0 unspecified atom stereocenters. The highest BCUT2D eigenvalue weighted by atomic mass is 32.1. The molecule has 0 saturated heterocycles. The molecule has 15 aromatic rings. The number of hydrogen-bond acceptors (Lipinski definition) is 18. The molecule has 12 aromatic heterocycles. The molecule has 17 rings (SSSR count). The van der Waals surface area contributed by atoms with Gasteiger partial charge in [-0.1, -0.05) is 384 Å². The van der Waals surface area contributed by atoms with E-state index >= 15 is 0 Å². The molecule has 139 heavy (non-hydrogen) atoms. The molecule has 0 aliphatic carbocycles. The summed E-state index contributed by atoms with van der Waals surface area (Å²) in [6, 6.07) is 47.5. The molecular weight excluding hydrogens is 1730 g/mol. The zero-order valence-electron chi connectivity index (χ0n) is 94.8. The first-order chi connectivity index (χ1) is 63.8. The highest BCUT2D eigenvalue weighted by Crippen LogP contribution is 2.21. The summed E-state index contributed by atoms with van der Waals surface area (Å²) in [5.41, 5.74) is 15.0. The molecule has 0 amide bonds. The fraction of sp³-hybridized carbons (Fsp3) is 0.479. The molecule has 0 saturated carbocycles. The number of nitrogens with one attached hydrogen (secondary N) is 2. The molecule has 3 aromatic carbocycles. The summed E-state index contributed by atoms with van der Waals surface area (Å²) in [6.45, 7) is 97.1. The van der Waals surface area contributed by atoms with Crippen molar-refractivity contribution in [3.8, 4) is 0 Å². The van der Waals surface area contributed by atoms with Crippen LogP contribution in [0.1, 0.15) is 321 Å². The normalized spacial score (nSPS) is 10.9. The number of rotatable bonds is 0. The van der Waals surface area contributed by atoms with Crippen LogP contribution >= 0.6 is 11.3 Å². The van der Waals surface area contributed by atoms with E-state index in [9.17, 15) is 0 Å². The molecule has 0 fully saturated rings. The lowest BCUT2D eigenvalue weighted by atomic mass is 10.0. The van der Waals surface area contributed by atoms with Crippen molar-refractivity contribution in [2.24, 2.45) is 69.5 Å². The maximum absolute atomic E-state index is 4.99. The van der Waals surface area contributed by atoms with Crippen LogP contribution in [0.2, 0.25) is 0 Å². The van der Waals surface area contributed by atoms with Gasteiger partial charge in [-0.15, -0.1) is 11.3 Å². The minimum Gasteiger partial charge on any atom is -0.461 e. The lowest BCUT2D eigenvalue weighted by molar-refractivity contribution is 0.469. The predicted molar refractivity (Wildman–Crippen MR) is 608 cm³/mol. The molecule has 0 atom stereocenters. The van der Waals surface area contributed by atoms with Gasteiger partial charge in [0.15, 0.2) is 5.58 Å². The quantitative estimate of drug-likeness (QED) is 0.143. The molecule has 2 aliphatic heterocycles. The first-order valence-electron chi connectivity index (χ1n) is 47.8. The van der Waals surface area contributed by atoms with E-state index < -0.39 is 0 Å². The summed E-state index contributed by atoms with van der Waals surface area (Å²) in [6.07, 6.45) is 43.4. The second kappa shape index (κ2) is 75.3. The second-order valence-electron chi connectivity index (χ2n) is 49.3. The number of thiophene rings is 1. The van der Waals surface area contributed by atoms with Crippen LogP contribution in [0.25, 0.3) is 43.1 Å². The molecule has 2 aliphatic rings. The fourth-order valence-corrected chi connectivity index (χ4v) is 7.35. The number of furan rings is 1. The molecular formula is C119H188N18OS. The molecule has 0 bridgehead atoms. The van der Waals surface area contributed by atoms with Crippen LogP contribution in [0.3, 0.4) is 0 Å². The van der Waals surface area contributed by atoms with Crippen LogP contribution in [-0.2, 0) is 13.0 Å². The van der Waals surface area contributed by atoms with Gasteiger partial charge in [0.2, 0.25) is 0 Å². The van der Waals surface area contributed by atoms with Gasteiger partial charge in [0.05, 0.1) is 52.8 Å². The molecule has 766 valence electrons. The highest BCUT2D eigenvalue weighted by molar-refractivity contribution is 7.17. The molecule has 19 nitrogen and oxygen atoms in total. The number of fused-ring (bicyclic) bond motifs is 6. The third-order valence-corrected chi connectivity index (χ3v) is 11.4. The van der Waals surface area contributed by atoms with Gasteiger partial charge in [0, 0.05) is 135 Å². The van der Waals surface area contributed by atoms with E-state index in [1.807, 2.05) is 146 Å². The number of aliphatic imine (C=N–C) groups is 2. The Morgan fingerprint density at radius 3 is 0.971 bits per heavy atom. The highest BCUT2D eigenvalue weighted by Gasteiger charge is 2.07. The maximum atomic E-state index is 4.99. The number of pyridine rings is 3. The smallest absolute Gasteiger partial charge is 0.170 e. The lowest BCUT2D eigenvalue weighted by Gasteiger charge is -2.05. The Bertz CT molecular complexity index is 4220. The van der Waals surface area contributed by atoms with Gasteiger partial charge in [-0.25, -0.2) is 29.9 Å². The van der Waals surface area contributed by atoms with Gasteiger partial charge in [-0.2, -0.15) is 5.10 Å². The molecule has 20 heteroatoms. The summed E-state index contributed by atoms with van der Waals surface area (Å²) >= 11 is 1.66. The molecule has 0 radical (unpaired) electrons. The van der Waals surface area contributed by atoms with Crippen molar-refractivity contribution in [2.75, 3.05) is 0 Å². The third-order valence-electron chi connectivity index (χ3n) is 10.6. The van der Waals surface area contributed by atoms with E-state index in [0.717, 1.165) is 56.6 Å². The number of aromatic amines is 2. The van der Waals surface area contributed by atoms with Crippen LogP contribution in [-0.4, -0.2) is 92.4 Å². The molecule has 2 N–H and O–H groups in total. The number of nitrogens with zero attached hydrogens (tertiary/aromatic N) is 16. The Morgan fingerprint density at radius 1 is 0.295 bits per heavy atom. The lowest BCUT2D eigenvalue weighted by Crippen LogP contribution is -1.93. The van der Waals surface area contributed by atoms with Crippen LogP contribution in [0.15, 0.2) is 308 Å². The van der Waals surface area contributed by atoms with Crippen molar-refractivity contribution in [2.45, 2.75) is 318 Å². The Kier molecular flexibility index (Phi) is 73.6. The monoisotopic (exact) mass is 1920 g/mol. The van der Waals surface area contributed by atoms with E-state index in [0.29, 0.717) is 59.6 Å². The van der Waals surface area contributed by atoms with E-state index in [4.69, 9.17) is 4.42 Å². The summed E-state index contributed by atoms with van der Waals surface area (Å²) in [7, 11) is 0. The summed E-state index contributed by atoms with van der Waals surface area (Å²) in [5.74, 6) is 0. The first kappa shape index (κ1) is 136. The minimum atomic E-state index is 0.500. The van der Waals surface area contributed by atoms with E-state index in [-0.39, 0.29) is 0 Å². The zero-order valence-corrected chi connectivity index (χ0v) is 95.6. The van der Waals surface area contributed by atoms with E-state index in [1.54, 1.807) is 135 Å². The molecule has 0 spiro atoms. The van der Waals surface area contributed by atoms with Gasteiger partial charge in [-0.3, -0.25) is 50.0 Å². The standard InChI is InChI=1S/2C8H7N.C7H6N2.C6H5N3.C6H4N2O.C6H4N2S.3C5H5N.11C5H12.2C4H4N2/c1-2-4-8-6-9-5-7(8)3-1;1-2-4-8-7(3-1)5-6-9-8;1-2-4-7-6(3-1)5-8-9-7;1-2-8-6-3-7-4-9-5(1)6;2*1-2-9-6-3-7-4-8-5(1)6;3*1-2-4-6-5-3-1;11*1-5(2,3)4;2*1-2-6-4-3-5-1/h1-5H,6H2;1-6,9H;1-5H,(H,8,9);2-4H,1H2;2*1-4H;3*1-5H;11*1-4H3;2*1-4H.